The monoisotopic (exact) mass is 1090 g/mol. The van der Waals surface area contributed by atoms with Crippen molar-refractivity contribution in [1.29, 1.82) is 0 Å². The minimum Gasteiger partial charge on any atom is -0.457 e. The van der Waals surface area contributed by atoms with Gasteiger partial charge in [-0.2, -0.15) is 0 Å². The van der Waals surface area contributed by atoms with Gasteiger partial charge in [0.15, 0.2) is 12.6 Å². The average Bonchev–Trinajstić information content (AvgIpc) is 3.43. The fraction of sp³-hybridized carbons (Fsp3) is 0.825. The quantitative estimate of drug-likeness (QED) is 0.0172. The molecule has 2 aliphatic rings. The Morgan fingerprint density at radius 1 is 0.442 bits per heavy atom. The fourth-order valence-electron chi connectivity index (χ4n) is 9.57. The van der Waals surface area contributed by atoms with E-state index in [0.717, 1.165) is 70.6 Å². The van der Waals surface area contributed by atoms with Crippen molar-refractivity contribution in [2.24, 2.45) is 0 Å². The Hall–Kier alpha value is -2.31. The zero-order chi connectivity index (χ0) is 55.8. The summed E-state index contributed by atoms with van der Waals surface area (Å²) in [6, 6.07) is 0. The highest BCUT2D eigenvalue weighted by Crippen LogP contribution is 2.27. The predicted molar refractivity (Wildman–Crippen MR) is 307 cm³/mol. The highest BCUT2D eigenvalue weighted by molar-refractivity contribution is 5.69. The van der Waals surface area contributed by atoms with Gasteiger partial charge in [-0.05, 0) is 77.0 Å². The summed E-state index contributed by atoms with van der Waals surface area (Å²) in [5.41, 5.74) is 0. The van der Waals surface area contributed by atoms with Crippen molar-refractivity contribution in [3.63, 3.8) is 0 Å². The van der Waals surface area contributed by atoms with Gasteiger partial charge in [-0.15, -0.1) is 0 Å². The molecule has 2 aliphatic heterocycles. The minimum absolute atomic E-state index is 0.0584. The van der Waals surface area contributed by atoms with Crippen molar-refractivity contribution in [2.75, 3.05) is 33.0 Å². The van der Waals surface area contributed by atoms with Gasteiger partial charge in [0.25, 0.3) is 0 Å². The molecule has 0 aliphatic carbocycles. The summed E-state index contributed by atoms with van der Waals surface area (Å²) < 4.78 is 34.4. The normalized spacial score (nSPS) is 24.7. The summed E-state index contributed by atoms with van der Waals surface area (Å²) >= 11 is 0. The summed E-state index contributed by atoms with van der Waals surface area (Å²) in [4.78, 5) is 13.1. The van der Waals surface area contributed by atoms with Crippen molar-refractivity contribution in [3.8, 4) is 0 Å². The summed E-state index contributed by atoms with van der Waals surface area (Å²) in [6.07, 6.45) is 45.7. The van der Waals surface area contributed by atoms with Crippen LogP contribution >= 0.6 is 0 Å². The molecule has 7 N–H and O–H groups in total. The van der Waals surface area contributed by atoms with Gasteiger partial charge in [-0.25, -0.2) is 0 Å². The van der Waals surface area contributed by atoms with Crippen LogP contribution in [0.5, 0.6) is 0 Å². The number of hydrogen-bond acceptors (Lipinski definition) is 14. The van der Waals surface area contributed by atoms with Gasteiger partial charge in [-0.1, -0.05) is 209 Å². The largest absolute Gasteiger partial charge is 0.457 e. The Balaban J connectivity index is 1.67. The number of ether oxygens (including phenoxy) is 6. The molecule has 0 radical (unpaired) electrons. The number of rotatable bonds is 50. The van der Waals surface area contributed by atoms with E-state index in [1.54, 1.807) is 0 Å². The van der Waals surface area contributed by atoms with E-state index in [9.17, 15) is 40.5 Å². The van der Waals surface area contributed by atoms with Crippen LogP contribution in [0.2, 0.25) is 0 Å². The number of aliphatic hydroxyl groups is 7. The first-order chi connectivity index (χ1) is 37.6. The maximum Gasteiger partial charge on any atom is 0.306 e. The molecule has 2 saturated heterocycles. The van der Waals surface area contributed by atoms with Gasteiger partial charge < -0.3 is 64.2 Å². The number of aliphatic hydroxyl groups excluding tert-OH is 7. The van der Waals surface area contributed by atoms with E-state index in [1.807, 2.05) is 0 Å². The first kappa shape index (κ1) is 70.8. The van der Waals surface area contributed by atoms with Gasteiger partial charge in [0.05, 0.1) is 26.4 Å². The number of allylic oxidation sites excluding steroid dienone is 10. The topological polar surface area (TPSA) is 214 Å². The Morgan fingerprint density at radius 3 is 1.34 bits per heavy atom. The minimum atomic E-state index is -1.71. The number of carbonyl (C=O) groups excluding carboxylic acids is 1. The third-order valence-electron chi connectivity index (χ3n) is 14.5. The lowest BCUT2D eigenvalue weighted by atomic mass is 9.98. The van der Waals surface area contributed by atoms with Crippen LogP contribution in [0.3, 0.4) is 0 Å². The first-order valence-electron chi connectivity index (χ1n) is 30.9. The number of hydrogen-bond donors (Lipinski definition) is 7. The van der Waals surface area contributed by atoms with E-state index < -0.39 is 80.7 Å². The molecule has 0 aromatic rings. The van der Waals surface area contributed by atoms with Gasteiger partial charge >= 0.3 is 5.97 Å². The van der Waals surface area contributed by atoms with E-state index in [4.69, 9.17) is 28.4 Å². The molecule has 11 atom stereocenters. The van der Waals surface area contributed by atoms with Crippen LogP contribution in [0.25, 0.3) is 0 Å². The van der Waals surface area contributed by atoms with Crippen molar-refractivity contribution >= 4 is 5.97 Å². The van der Waals surface area contributed by atoms with Crippen LogP contribution in [0, 0.1) is 0 Å². The summed E-state index contributed by atoms with van der Waals surface area (Å²) in [7, 11) is 0. The molecule has 14 heteroatoms. The number of carbonyl (C=O) groups is 1. The van der Waals surface area contributed by atoms with E-state index in [0.29, 0.717) is 13.0 Å². The van der Waals surface area contributed by atoms with Crippen molar-refractivity contribution in [1.82, 2.24) is 0 Å². The van der Waals surface area contributed by atoms with Crippen molar-refractivity contribution in [2.45, 2.75) is 300 Å². The third kappa shape index (κ3) is 35.9. The van der Waals surface area contributed by atoms with Gasteiger partial charge in [0.1, 0.15) is 54.9 Å². The molecule has 2 heterocycles. The standard InChI is InChI=1S/C63H112O14/c1-3-5-7-9-11-13-15-17-19-21-22-23-24-25-26-27-28-29-31-33-35-37-39-41-43-45-47-72-49-52(75-55(65)46-44-42-40-38-36-34-32-30-20-18-16-14-12-10-8-6-4-2)50-73-62-61(71)59(69)57(67)54(77-62)51-74-63-60(70)58(68)56(66)53(48-64)76-63/h5,7,11,13,17-20,22-23,52-54,56-64,66-71H,3-4,6,8-10,12,14-16,21,24-51H2,1-2H3/b7-5-,13-11-,19-17-,20-18-,23-22-. The summed E-state index contributed by atoms with van der Waals surface area (Å²) in [6.45, 7) is 3.59. The first-order valence-corrected chi connectivity index (χ1v) is 30.9. The second-order valence-electron chi connectivity index (χ2n) is 21.5. The molecular weight excluding hydrogens is 981 g/mol. The van der Waals surface area contributed by atoms with Gasteiger partial charge in [0, 0.05) is 13.0 Å². The Labute approximate surface area is 466 Å². The summed E-state index contributed by atoms with van der Waals surface area (Å²) in [5.74, 6) is -0.380. The third-order valence-corrected chi connectivity index (χ3v) is 14.5. The predicted octanol–water partition coefficient (Wildman–Crippen LogP) is 11.6. The van der Waals surface area contributed by atoms with Crippen LogP contribution in [-0.2, 0) is 33.2 Å². The molecule has 14 nitrogen and oxygen atoms in total. The Kier molecular flexibility index (Phi) is 45.5. The van der Waals surface area contributed by atoms with E-state index in [1.165, 1.54) is 135 Å². The Bertz CT molecular complexity index is 1500. The number of unbranched alkanes of at least 4 members (excludes halogenated alkanes) is 26. The van der Waals surface area contributed by atoms with E-state index in [2.05, 4.69) is 74.6 Å². The molecule has 2 fully saturated rings. The maximum absolute atomic E-state index is 13.1. The highest BCUT2D eigenvalue weighted by Gasteiger charge is 2.47. The molecule has 448 valence electrons. The molecule has 0 saturated carbocycles. The Morgan fingerprint density at radius 2 is 0.844 bits per heavy atom. The smallest absolute Gasteiger partial charge is 0.306 e. The lowest BCUT2D eigenvalue weighted by Gasteiger charge is -2.42. The van der Waals surface area contributed by atoms with Crippen molar-refractivity contribution in [3.05, 3.63) is 60.8 Å². The lowest BCUT2D eigenvalue weighted by molar-refractivity contribution is -0.332. The molecule has 0 aromatic heterocycles. The average molecular weight is 1090 g/mol. The van der Waals surface area contributed by atoms with Crippen LogP contribution < -0.4 is 0 Å². The highest BCUT2D eigenvalue weighted by atomic mass is 16.7. The van der Waals surface area contributed by atoms with Gasteiger partial charge in [-0.3, -0.25) is 4.79 Å². The SMILES string of the molecule is CC/C=C\C/C=C\C/C=C\C/C=C\CCCCCCCCCCCCCCCOCC(COC1OC(COC2OC(CO)C(O)C(O)C2O)C(O)C(O)C1O)OC(=O)CCCCCCCCC/C=C\CCCCCCCC. The molecular formula is C63H112O14. The van der Waals surface area contributed by atoms with Crippen LogP contribution in [0.4, 0.5) is 0 Å². The van der Waals surface area contributed by atoms with Crippen molar-refractivity contribution < 1.29 is 69.0 Å². The second-order valence-corrected chi connectivity index (χ2v) is 21.5. The molecule has 0 amide bonds. The summed E-state index contributed by atoms with van der Waals surface area (Å²) in [5, 5.41) is 72.4. The zero-order valence-electron chi connectivity index (χ0n) is 48.2. The van der Waals surface area contributed by atoms with E-state index >= 15 is 0 Å². The van der Waals surface area contributed by atoms with Crippen LogP contribution in [-0.4, -0.2) is 142 Å². The molecule has 0 aromatic carbocycles. The number of esters is 1. The molecule has 11 unspecified atom stereocenters. The molecule has 77 heavy (non-hydrogen) atoms. The molecule has 2 rings (SSSR count). The molecule has 0 spiro atoms. The second kappa shape index (κ2) is 49.5. The fourth-order valence-corrected chi connectivity index (χ4v) is 9.57. The zero-order valence-corrected chi connectivity index (χ0v) is 48.2. The van der Waals surface area contributed by atoms with E-state index in [-0.39, 0.29) is 25.6 Å². The van der Waals surface area contributed by atoms with Crippen LogP contribution in [0.15, 0.2) is 60.8 Å². The van der Waals surface area contributed by atoms with Crippen LogP contribution in [0.1, 0.15) is 232 Å². The maximum atomic E-state index is 13.1. The van der Waals surface area contributed by atoms with Gasteiger partial charge in [0.2, 0.25) is 0 Å². The molecule has 0 bridgehead atoms. The lowest BCUT2D eigenvalue weighted by Crippen LogP contribution is -2.61.